The highest BCUT2D eigenvalue weighted by Crippen LogP contribution is 2.23. The van der Waals surface area contributed by atoms with Crippen molar-refractivity contribution in [3.63, 3.8) is 0 Å². The van der Waals surface area contributed by atoms with Crippen LogP contribution in [0.25, 0.3) is 10.8 Å². The molecule has 2 aromatic carbocycles. The van der Waals surface area contributed by atoms with E-state index in [9.17, 15) is 4.79 Å². The van der Waals surface area contributed by atoms with Crippen LogP contribution >= 0.6 is 11.8 Å². The summed E-state index contributed by atoms with van der Waals surface area (Å²) in [5, 5.41) is 8.93. The Hall–Kier alpha value is -1.52. The standard InChI is InChI=1S/C19H24N2OS/c22-19(21-11-9-15-4-3-10-20-13-15)14-23-18-8-7-16-5-1-2-6-17(16)12-18/h1-2,5-8,12,15,20H,3-4,9-11,13-14H2,(H,21,22). The first-order valence-electron chi connectivity index (χ1n) is 8.40. The molecule has 1 aliphatic rings. The van der Waals surface area contributed by atoms with Crippen LogP contribution in [0.3, 0.4) is 0 Å². The zero-order valence-electron chi connectivity index (χ0n) is 13.4. The van der Waals surface area contributed by atoms with E-state index in [4.69, 9.17) is 0 Å². The summed E-state index contributed by atoms with van der Waals surface area (Å²) in [5.41, 5.74) is 0. The minimum absolute atomic E-state index is 0.131. The number of thioether (sulfide) groups is 1. The number of hydrogen-bond acceptors (Lipinski definition) is 3. The lowest BCUT2D eigenvalue weighted by molar-refractivity contribution is -0.118. The predicted molar refractivity (Wildman–Crippen MR) is 97.9 cm³/mol. The average molecular weight is 328 g/mol. The summed E-state index contributed by atoms with van der Waals surface area (Å²) in [6.45, 7) is 3.04. The lowest BCUT2D eigenvalue weighted by atomic mass is 9.96. The molecule has 0 aromatic heterocycles. The van der Waals surface area contributed by atoms with Gasteiger partial charge in [0.15, 0.2) is 0 Å². The largest absolute Gasteiger partial charge is 0.355 e. The molecule has 0 saturated carbocycles. The topological polar surface area (TPSA) is 41.1 Å². The van der Waals surface area contributed by atoms with E-state index in [0.717, 1.165) is 36.9 Å². The van der Waals surface area contributed by atoms with Crippen molar-refractivity contribution in [2.45, 2.75) is 24.2 Å². The Balaban J connectivity index is 1.40. The van der Waals surface area contributed by atoms with E-state index in [1.165, 1.54) is 23.6 Å². The van der Waals surface area contributed by atoms with Gasteiger partial charge >= 0.3 is 0 Å². The van der Waals surface area contributed by atoms with Gasteiger partial charge in [-0.3, -0.25) is 4.79 Å². The molecule has 122 valence electrons. The van der Waals surface area contributed by atoms with Gasteiger partial charge in [0.25, 0.3) is 0 Å². The summed E-state index contributed by atoms with van der Waals surface area (Å²) in [5.74, 6) is 1.34. The number of fused-ring (bicyclic) bond motifs is 1. The molecule has 0 spiro atoms. The molecule has 1 fully saturated rings. The van der Waals surface area contributed by atoms with Crippen molar-refractivity contribution in [3.05, 3.63) is 42.5 Å². The Kier molecular flexibility index (Phi) is 5.94. The van der Waals surface area contributed by atoms with Crippen molar-refractivity contribution in [2.24, 2.45) is 5.92 Å². The first kappa shape index (κ1) is 16.3. The van der Waals surface area contributed by atoms with E-state index in [1.54, 1.807) is 11.8 Å². The summed E-state index contributed by atoms with van der Waals surface area (Å²) in [6, 6.07) is 14.7. The first-order chi connectivity index (χ1) is 11.3. The fourth-order valence-corrected chi connectivity index (χ4v) is 3.82. The zero-order chi connectivity index (χ0) is 15.9. The number of hydrogen-bond donors (Lipinski definition) is 2. The average Bonchev–Trinajstić information content (AvgIpc) is 2.61. The molecule has 0 aliphatic carbocycles. The van der Waals surface area contributed by atoms with E-state index in [0.29, 0.717) is 5.75 Å². The predicted octanol–water partition coefficient (Wildman–Crippen LogP) is 3.44. The van der Waals surface area contributed by atoms with Crippen molar-refractivity contribution >= 4 is 28.4 Å². The number of carbonyl (C=O) groups is 1. The quantitative estimate of drug-likeness (QED) is 0.798. The van der Waals surface area contributed by atoms with E-state index < -0.39 is 0 Å². The third-order valence-electron chi connectivity index (χ3n) is 4.36. The fourth-order valence-electron chi connectivity index (χ4n) is 3.04. The van der Waals surface area contributed by atoms with Gasteiger partial charge in [0.2, 0.25) is 5.91 Å². The van der Waals surface area contributed by atoms with E-state index >= 15 is 0 Å². The second-order valence-corrected chi connectivity index (χ2v) is 7.20. The molecule has 2 aromatic rings. The second-order valence-electron chi connectivity index (χ2n) is 6.15. The van der Waals surface area contributed by atoms with Gasteiger partial charge in [-0.25, -0.2) is 0 Å². The van der Waals surface area contributed by atoms with Gasteiger partial charge in [0.05, 0.1) is 5.75 Å². The van der Waals surface area contributed by atoms with Crippen LogP contribution in [0.1, 0.15) is 19.3 Å². The molecule has 1 atom stereocenters. The number of piperidine rings is 1. The molecular formula is C19H24N2OS. The minimum atomic E-state index is 0.131. The molecule has 0 bridgehead atoms. The van der Waals surface area contributed by atoms with Crippen LogP contribution in [0.2, 0.25) is 0 Å². The van der Waals surface area contributed by atoms with E-state index in [-0.39, 0.29) is 5.91 Å². The van der Waals surface area contributed by atoms with Crippen LogP contribution in [0.5, 0.6) is 0 Å². The van der Waals surface area contributed by atoms with Gasteiger partial charge in [0, 0.05) is 11.4 Å². The van der Waals surface area contributed by atoms with Crippen LogP contribution in [0.15, 0.2) is 47.4 Å². The number of carbonyl (C=O) groups excluding carboxylic acids is 1. The summed E-state index contributed by atoms with van der Waals surface area (Å²) in [7, 11) is 0. The Morgan fingerprint density at radius 2 is 2.09 bits per heavy atom. The minimum Gasteiger partial charge on any atom is -0.355 e. The van der Waals surface area contributed by atoms with Crippen LogP contribution in [0, 0.1) is 5.92 Å². The highest BCUT2D eigenvalue weighted by molar-refractivity contribution is 8.00. The summed E-state index contributed by atoms with van der Waals surface area (Å²) < 4.78 is 0. The molecule has 1 aliphatic heterocycles. The Morgan fingerprint density at radius 1 is 1.22 bits per heavy atom. The maximum atomic E-state index is 12.0. The summed E-state index contributed by atoms with van der Waals surface area (Å²) in [4.78, 5) is 13.1. The van der Waals surface area contributed by atoms with Gasteiger partial charge < -0.3 is 10.6 Å². The third-order valence-corrected chi connectivity index (χ3v) is 5.36. The highest BCUT2D eigenvalue weighted by atomic mass is 32.2. The van der Waals surface area contributed by atoms with E-state index in [2.05, 4.69) is 41.0 Å². The van der Waals surface area contributed by atoms with Gasteiger partial charge in [0.1, 0.15) is 0 Å². The first-order valence-corrected chi connectivity index (χ1v) is 9.39. The van der Waals surface area contributed by atoms with Gasteiger partial charge in [-0.05, 0) is 61.2 Å². The maximum absolute atomic E-state index is 12.0. The molecule has 1 unspecified atom stereocenters. The molecular weight excluding hydrogens is 304 g/mol. The van der Waals surface area contributed by atoms with Gasteiger partial charge in [-0.1, -0.05) is 30.3 Å². The maximum Gasteiger partial charge on any atom is 0.230 e. The molecule has 0 radical (unpaired) electrons. The molecule has 2 N–H and O–H groups in total. The van der Waals surface area contributed by atoms with Crippen molar-refractivity contribution in [2.75, 3.05) is 25.4 Å². The lowest BCUT2D eigenvalue weighted by Gasteiger charge is -2.22. The van der Waals surface area contributed by atoms with Crippen LogP contribution in [-0.2, 0) is 4.79 Å². The van der Waals surface area contributed by atoms with E-state index in [1.807, 2.05) is 12.1 Å². The van der Waals surface area contributed by atoms with Crippen molar-refractivity contribution < 1.29 is 4.79 Å². The lowest BCUT2D eigenvalue weighted by Crippen LogP contribution is -2.33. The van der Waals surface area contributed by atoms with Gasteiger partial charge in [-0.15, -0.1) is 11.8 Å². The third kappa shape index (κ3) is 4.98. The van der Waals surface area contributed by atoms with Crippen LogP contribution in [0.4, 0.5) is 0 Å². The fraction of sp³-hybridized carbons (Fsp3) is 0.421. The van der Waals surface area contributed by atoms with Gasteiger partial charge in [-0.2, -0.15) is 0 Å². The summed E-state index contributed by atoms with van der Waals surface area (Å²) in [6.07, 6.45) is 3.63. The molecule has 1 heterocycles. The number of rotatable bonds is 6. The summed E-state index contributed by atoms with van der Waals surface area (Å²) >= 11 is 1.61. The van der Waals surface area contributed by atoms with Crippen molar-refractivity contribution in [1.29, 1.82) is 0 Å². The Labute approximate surface area is 142 Å². The molecule has 4 heteroatoms. The smallest absolute Gasteiger partial charge is 0.230 e. The SMILES string of the molecule is O=C(CSc1ccc2ccccc2c1)NCCC1CCCNC1. The number of nitrogens with one attached hydrogen (secondary N) is 2. The van der Waals surface area contributed by atoms with Crippen molar-refractivity contribution in [3.8, 4) is 0 Å². The molecule has 1 amide bonds. The number of amides is 1. The number of benzene rings is 2. The van der Waals surface area contributed by atoms with Crippen molar-refractivity contribution in [1.82, 2.24) is 10.6 Å². The Morgan fingerprint density at radius 3 is 2.91 bits per heavy atom. The zero-order valence-corrected chi connectivity index (χ0v) is 14.2. The molecule has 23 heavy (non-hydrogen) atoms. The van der Waals surface area contributed by atoms with Crippen LogP contribution < -0.4 is 10.6 Å². The molecule has 3 nitrogen and oxygen atoms in total. The molecule has 3 rings (SSSR count). The monoisotopic (exact) mass is 328 g/mol. The van der Waals surface area contributed by atoms with Crippen LogP contribution in [-0.4, -0.2) is 31.3 Å². The Bertz CT molecular complexity index is 653. The second kappa shape index (κ2) is 8.37. The molecule has 1 saturated heterocycles. The normalized spacial score (nSPS) is 18.0. The highest BCUT2D eigenvalue weighted by Gasteiger charge is 2.12.